The maximum absolute atomic E-state index is 13.5. The molecule has 2 aromatic carbocycles. The number of nitrogens with one attached hydrogen (secondary N) is 2. The number of carbonyl (C=O) groups excluding carboxylic acids is 1. The van der Waals surface area contributed by atoms with Crippen molar-refractivity contribution in [1.29, 1.82) is 0 Å². The highest BCUT2D eigenvalue weighted by atomic mass is 19.1. The van der Waals surface area contributed by atoms with Gasteiger partial charge in [0.1, 0.15) is 11.6 Å². The zero-order valence-corrected chi connectivity index (χ0v) is 12.7. The average Bonchev–Trinajstić information content (AvgIpc) is 2.54. The van der Waals surface area contributed by atoms with Crippen molar-refractivity contribution < 1.29 is 18.3 Å². The summed E-state index contributed by atoms with van der Waals surface area (Å²) in [5, 5.41) is 5.65. The molecule has 0 fully saturated rings. The van der Waals surface area contributed by atoms with E-state index in [1.807, 2.05) is 0 Å². The normalized spacial score (nSPS) is 10.6. The molecular formula is C17H18F2N2O2. The van der Waals surface area contributed by atoms with Gasteiger partial charge < -0.3 is 15.4 Å². The Morgan fingerprint density at radius 1 is 1.09 bits per heavy atom. The highest BCUT2D eigenvalue weighted by molar-refractivity contribution is 5.96. The first kappa shape index (κ1) is 17.1. The number of methoxy groups -OCH3 is 1. The molecule has 0 spiro atoms. The van der Waals surface area contributed by atoms with Gasteiger partial charge in [0.15, 0.2) is 0 Å². The third-order valence-corrected chi connectivity index (χ3v) is 3.18. The first-order valence-electron chi connectivity index (χ1n) is 7.15. The van der Waals surface area contributed by atoms with Gasteiger partial charge in [0.2, 0.25) is 5.91 Å². The van der Waals surface area contributed by atoms with Crippen LogP contribution < -0.4 is 10.6 Å². The van der Waals surface area contributed by atoms with Crippen LogP contribution in [-0.4, -0.2) is 32.7 Å². The Kier molecular flexibility index (Phi) is 6.19. The molecule has 0 atom stereocenters. The fraction of sp³-hybridized carbons (Fsp3) is 0.235. The van der Waals surface area contributed by atoms with Gasteiger partial charge in [-0.2, -0.15) is 0 Å². The van der Waals surface area contributed by atoms with Gasteiger partial charge in [0, 0.05) is 24.9 Å². The maximum atomic E-state index is 13.5. The molecule has 23 heavy (non-hydrogen) atoms. The Morgan fingerprint density at radius 3 is 2.48 bits per heavy atom. The molecule has 122 valence electrons. The Labute approximate surface area is 133 Å². The van der Waals surface area contributed by atoms with Crippen molar-refractivity contribution in [2.75, 3.05) is 32.1 Å². The molecule has 0 saturated heterocycles. The molecule has 4 nitrogen and oxygen atoms in total. The number of rotatable bonds is 7. The van der Waals surface area contributed by atoms with Crippen LogP contribution in [-0.2, 0) is 9.53 Å². The minimum atomic E-state index is -0.430. The minimum absolute atomic E-state index is 0.115. The third kappa shape index (κ3) is 5.12. The fourth-order valence-electron chi connectivity index (χ4n) is 2.06. The van der Waals surface area contributed by atoms with Crippen LogP contribution in [0.25, 0.3) is 11.1 Å². The molecule has 1 amide bonds. The van der Waals surface area contributed by atoms with Crippen molar-refractivity contribution in [3.05, 3.63) is 54.1 Å². The Hall–Kier alpha value is -2.31. The van der Waals surface area contributed by atoms with Crippen molar-refractivity contribution >= 4 is 11.6 Å². The number of benzene rings is 2. The van der Waals surface area contributed by atoms with E-state index in [4.69, 9.17) is 4.74 Å². The van der Waals surface area contributed by atoms with E-state index in [-0.39, 0.29) is 18.3 Å². The number of carbonyl (C=O) groups is 1. The van der Waals surface area contributed by atoms with Crippen LogP contribution in [0.2, 0.25) is 0 Å². The molecule has 0 radical (unpaired) electrons. The number of hydrogen-bond donors (Lipinski definition) is 2. The van der Waals surface area contributed by atoms with Crippen LogP contribution in [0.5, 0.6) is 0 Å². The van der Waals surface area contributed by atoms with Gasteiger partial charge in [-0.05, 0) is 35.9 Å². The molecule has 0 bridgehead atoms. The molecule has 0 heterocycles. The van der Waals surface area contributed by atoms with Gasteiger partial charge in [0.25, 0.3) is 0 Å². The second-order valence-electron chi connectivity index (χ2n) is 4.91. The lowest BCUT2D eigenvalue weighted by Gasteiger charge is -2.12. The van der Waals surface area contributed by atoms with E-state index in [0.717, 1.165) is 0 Å². The van der Waals surface area contributed by atoms with E-state index in [0.29, 0.717) is 30.0 Å². The predicted octanol–water partition coefficient (Wildman–Crippen LogP) is 2.81. The van der Waals surface area contributed by atoms with Crippen molar-refractivity contribution in [3.8, 4) is 11.1 Å². The van der Waals surface area contributed by atoms with Gasteiger partial charge in [-0.1, -0.05) is 12.1 Å². The second kappa shape index (κ2) is 8.36. The quantitative estimate of drug-likeness (QED) is 0.771. The SMILES string of the molecule is COCCNCC(=O)Nc1ccc(F)cc1-c1ccc(F)cc1. The van der Waals surface area contributed by atoms with Crippen molar-refractivity contribution in [3.63, 3.8) is 0 Å². The summed E-state index contributed by atoms with van der Waals surface area (Å²) in [6.45, 7) is 1.17. The molecular weight excluding hydrogens is 302 g/mol. The minimum Gasteiger partial charge on any atom is -0.383 e. The Morgan fingerprint density at radius 2 is 1.78 bits per heavy atom. The lowest BCUT2D eigenvalue weighted by Crippen LogP contribution is -2.30. The van der Waals surface area contributed by atoms with Gasteiger partial charge in [-0.15, -0.1) is 0 Å². The van der Waals surface area contributed by atoms with Crippen molar-refractivity contribution in [1.82, 2.24) is 5.32 Å². The monoisotopic (exact) mass is 320 g/mol. The lowest BCUT2D eigenvalue weighted by molar-refractivity contribution is -0.115. The maximum Gasteiger partial charge on any atom is 0.238 e. The number of halogens is 2. The predicted molar refractivity (Wildman–Crippen MR) is 85.2 cm³/mol. The van der Waals surface area contributed by atoms with Crippen LogP contribution >= 0.6 is 0 Å². The number of hydrogen-bond acceptors (Lipinski definition) is 3. The summed E-state index contributed by atoms with van der Waals surface area (Å²) in [5.74, 6) is -1.06. The number of amides is 1. The first-order chi connectivity index (χ1) is 11.1. The van der Waals surface area contributed by atoms with Crippen LogP contribution in [0.3, 0.4) is 0 Å². The molecule has 2 rings (SSSR count). The van der Waals surface area contributed by atoms with E-state index in [2.05, 4.69) is 10.6 Å². The van der Waals surface area contributed by atoms with E-state index >= 15 is 0 Å². The molecule has 2 aromatic rings. The van der Waals surface area contributed by atoms with E-state index in [9.17, 15) is 13.6 Å². The topological polar surface area (TPSA) is 50.4 Å². The summed E-state index contributed by atoms with van der Waals surface area (Å²) >= 11 is 0. The second-order valence-corrected chi connectivity index (χ2v) is 4.91. The molecule has 0 aliphatic carbocycles. The van der Waals surface area contributed by atoms with Gasteiger partial charge in [-0.25, -0.2) is 8.78 Å². The fourth-order valence-corrected chi connectivity index (χ4v) is 2.06. The molecule has 0 aliphatic rings. The van der Waals surface area contributed by atoms with Gasteiger partial charge >= 0.3 is 0 Å². The highest BCUT2D eigenvalue weighted by Gasteiger charge is 2.10. The standard InChI is InChI=1S/C17H18F2N2O2/c1-23-9-8-20-11-17(22)21-16-7-6-14(19)10-15(16)12-2-4-13(18)5-3-12/h2-7,10,20H,8-9,11H2,1H3,(H,21,22). The smallest absolute Gasteiger partial charge is 0.238 e. The Balaban J connectivity index is 2.12. The first-order valence-corrected chi connectivity index (χ1v) is 7.15. The molecule has 6 heteroatoms. The van der Waals surface area contributed by atoms with Crippen LogP contribution in [0.4, 0.5) is 14.5 Å². The summed E-state index contributed by atoms with van der Waals surface area (Å²) in [7, 11) is 1.58. The van der Waals surface area contributed by atoms with E-state index in [1.165, 1.54) is 42.5 Å². The molecule has 2 N–H and O–H groups in total. The zero-order chi connectivity index (χ0) is 16.7. The third-order valence-electron chi connectivity index (χ3n) is 3.18. The van der Waals surface area contributed by atoms with Crippen LogP contribution in [0, 0.1) is 11.6 Å². The Bertz CT molecular complexity index is 660. The van der Waals surface area contributed by atoms with Crippen LogP contribution in [0.1, 0.15) is 0 Å². The molecule has 0 unspecified atom stereocenters. The van der Waals surface area contributed by atoms with Gasteiger partial charge in [0.05, 0.1) is 13.2 Å². The summed E-state index contributed by atoms with van der Waals surface area (Å²) < 4.78 is 31.4. The summed E-state index contributed by atoms with van der Waals surface area (Å²) in [5.41, 5.74) is 1.58. The highest BCUT2D eigenvalue weighted by Crippen LogP contribution is 2.29. The van der Waals surface area contributed by atoms with Gasteiger partial charge in [-0.3, -0.25) is 4.79 Å². The zero-order valence-electron chi connectivity index (χ0n) is 12.7. The largest absolute Gasteiger partial charge is 0.383 e. The number of anilines is 1. The lowest BCUT2D eigenvalue weighted by atomic mass is 10.0. The molecule has 0 aliphatic heterocycles. The van der Waals surface area contributed by atoms with Crippen molar-refractivity contribution in [2.45, 2.75) is 0 Å². The van der Waals surface area contributed by atoms with Crippen LogP contribution in [0.15, 0.2) is 42.5 Å². The summed E-state index contributed by atoms with van der Waals surface area (Å²) in [4.78, 5) is 11.9. The molecule has 0 aromatic heterocycles. The molecule has 0 saturated carbocycles. The van der Waals surface area contributed by atoms with E-state index in [1.54, 1.807) is 7.11 Å². The summed E-state index contributed by atoms with van der Waals surface area (Å²) in [6, 6.07) is 9.72. The van der Waals surface area contributed by atoms with E-state index < -0.39 is 5.82 Å². The average molecular weight is 320 g/mol. The van der Waals surface area contributed by atoms with Crippen molar-refractivity contribution in [2.24, 2.45) is 0 Å². The number of ether oxygens (including phenoxy) is 1. The summed E-state index contributed by atoms with van der Waals surface area (Å²) in [6.07, 6.45) is 0.